The molecular weight excluding hydrogens is 375 g/mol. The van der Waals surface area contributed by atoms with E-state index in [1.807, 2.05) is 12.1 Å². The molecule has 28 heavy (non-hydrogen) atoms. The zero-order valence-corrected chi connectivity index (χ0v) is 15.1. The molecule has 0 unspecified atom stereocenters. The topological polar surface area (TPSA) is 92.9 Å². The number of anilines is 1. The van der Waals surface area contributed by atoms with E-state index in [2.05, 4.69) is 21.0 Å². The molecule has 0 aliphatic rings. The number of hydrogen-bond acceptors (Lipinski definition) is 6. The van der Waals surface area contributed by atoms with Crippen LogP contribution < -0.4 is 5.73 Å². The molecule has 5 aromatic rings. The number of nitrogen functional groups attached to an aromatic ring is 1. The van der Waals surface area contributed by atoms with E-state index in [9.17, 15) is 9.65 Å². The third-order valence-electron chi connectivity index (χ3n) is 4.50. The largest absolute Gasteiger partial charge is 0.381 e. The lowest BCUT2D eigenvalue weighted by Crippen LogP contribution is -2.04. The molecule has 0 atom stereocenters. The number of aromatic nitrogens is 4. The van der Waals surface area contributed by atoms with Crippen LogP contribution in [0.2, 0.25) is 0 Å². The lowest BCUT2D eigenvalue weighted by molar-refractivity contribution is 0.637. The number of nitriles is 1. The van der Waals surface area contributed by atoms with Gasteiger partial charge in [-0.1, -0.05) is 12.1 Å². The lowest BCUT2D eigenvalue weighted by atomic mass is 10.0. The van der Waals surface area contributed by atoms with E-state index in [0.717, 1.165) is 4.70 Å². The van der Waals surface area contributed by atoms with Crippen molar-refractivity contribution in [2.75, 3.05) is 5.73 Å². The van der Waals surface area contributed by atoms with Crippen molar-refractivity contribution in [3.8, 4) is 28.6 Å². The van der Waals surface area contributed by atoms with Crippen molar-refractivity contribution >= 4 is 33.0 Å². The smallest absolute Gasteiger partial charge is 0.180 e. The fourth-order valence-electron chi connectivity index (χ4n) is 3.29. The van der Waals surface area contributed by atoms with Gasteiger partial charge in [0.1, 0.15) is 5.52 Å². The van der Waals surface area contributed by atoms with Crippen molar-refractivity contribution in [1.29, 1.82) is 5.26 Å². The Kier molecular flexibility index (Phi) is 3.57. The van der Waals surface area contributed by atoms with Crippen LogP contribution in [0.15, 0.2) is 54.3 Å². The molecule has 0 fully saturated rings. The average molecular weight is 386 g/mol. The maximum Gasteiger partial charge on any atom is 0.180 e. The number of rotatable bonds is 2. The first-order chi connectivity index (χ1) is 13.7. The van der Waals surface area contributed by atoms with E-state index in [0.29, 0.717) is 39.2 Å². The number of halogens is 1. The molecule has 6 nitrogen and oxygen atoms in total. The average Bonchev–Trinajstić information content (AvgIpc) is 3.37. The highest BCUT2D eigenvalue weighted by Crippen LogP contribution is 2.36. The minimum Gasteiger partial charge on any atom is -0.381 e. The zero-order chi connectivity index (χ0) is 19.3. The van der Waals surface area contributed by atoms with E-state index < -0.39 is 5.82 Å². The van der Waals surface area contributed by atoms with Gasteiger partial charge in [0, 0.05) is 23.5 Å². The molecule has 5 rings (SSSR count). The monoisotopic (exact) mass is 386 g/mol. The number of thiazole rings is 1. The van der Waals surface area contributed by atoms with Crippen LogP contribution in [-0.4, -0.2) is 19.4 Å². The van der Waals surface area contributed by atoms with Gasteiger partial charge in [-0.15, -0.1) is 11.3 Å². The number of imidazole rings is 1. The second-order valence-corrected chi connectivity index (χ2v) is 7.05. The molecule has 134 valence electrons. The highest BCUT2D eigenvalue weighted by molar-refractivity contribution is 7.16. The van der Waals surface area contributed by atoms with Crippen molar-refractivity contribution in [2.45, 2.75) is 0 Å². The van der Waals surface area contributed by atoms with Crippen LogP contribution in [0.4, 0.5) is 10.2 Å². The maximum atomic E-state index is 14.7. The molecular formula is C20H11FN6S. The van der Waals surface area contributed by atoms with Gasteiger partial charge >= 0.3 is 0 Å². The lowest BCUT2D eigenvalue weighted by Gasteiger charge is -2.14. The Labute approximate surface area is 162 Å². The molecule has 8 heteroatoms. The van der Waals surface area contributed by atoms with Crippen LogP contribution in [-0.2, 0) is 0 Å². The van der Waals surface area contributed by atoms with Crippen molar-refractivity contribution in [3.05, 3.63) is 65.7 Å². The van der Waals surface area contributed by atoms with Crippen LogP contribution in [0.25, 0.3) is 38.4 Å². The standard InChI is InChI=1S/C20H11FN6S/c21-14-7-13(8-15-17(14)25-10-28-15)18-16(12-3-1-2-11(6-12)9-22)26-19(23)20-24-4-5-27(18)20/h1-8,10H,(H2,23,26). The summed E-state index contributed by atoms with van der Waals surface area (Å²) in [5, 5.41) is 9.25. The van der Waals surface area contributed by atoms with E-state index in [1.165, 1.54) is 17.4 Å². The summed E-state index contributed by atoms with van der Waals surface area (Å²) < 4.78 is 17.2. The van der Waals surface area contributed by atoms with Crippen LogP contribution >= 0.6 is 11.3 Å². The Morgan fingerprint density at radius 3 is 2.89 bits per heavy atom. The van der Waals surface area contributed by atoms with Gasteiger partial charge < -0.3 is 5.73 Å². The van der Waals surface area contributed by atoms with E-state index in [-0.39, 0.29) is 5.82 Å². The summed E-state index contributed by atoms with van der Waals surface area (Å²) in [7, 11) is 0. The molecule has 0 bridgehead atoms. The molecule has 0 amide bonds. The second kappa shape index (κ2) is 6.11. The molecule has 0 saturated carbocycles. The summed E-state index contributed by atoms with van der Waals surface area (Å²) in [5.41, 5.74) is 11.6. The van der Waals surface area contributed by atoms with Crippen molar-refractivity contribution in [2.24, 2.45) is 0 Å². The van der Waals surface area contributed by atoms with Crippen LogP contribution in [0.1, 0.15) is 5.56 Å². The summed E-state index contributed by atoms with van der Waals surface area (Å²) in [4.78, 5) is 12.9. The first kappa shape index (κ1) is 16.4. The Morgan fingerprint density at radius 1 is 1.14 bits per heavy atom. The van der Waals surface area contributed by atoms with E-state index in [4.69, 9.17) is 5.73 Å². The number of fused-ring (bicyclic) bond motifs is 2. The zero-order valence-electron chi connectivity index (χ0n) is 14.3. The predicted molar refractivity (Wildman–Crippen MR) is 106 cm³/mol. The highest BCUT2D eigenvalue weighted by atomic mass is 32.1. The van der Waals surface area contributed by atoms with Gasteiger partial charge in [0.05, 0.1) is 33.2 Å². The maximum absolute atomic E-state index is 14.7. The Balaban J connectivity index is 1.89. The van der Waals surface area contributed by atoms with Crippen molar-refractivity contribution in [1.82, 2.24) is 19.4 Å². The molecule has 0 radical (unpaired) electrons. The summed E-state index contributed by atoms with van der Waals surface area (Å²) in [5.74, 6) is -0.152. The number of benzene rings is 2. The van der Waals surface area contributed by atoms with Crippen LogP contribution in [0, 0.1) is 17.1 Å². The quantitative estimate of drug-likeness (QED) is 0.489. The van der Waals surface area contributed by atoms with Gasteiger partial charge in [-0.2, -0.15) is 5.26 Å². The Hall–Kier alpha value is -3.83. The van der Waals surface area contributed by atoms with Gasteiger partial charge in [0.15, 0.2) is 17.3 Å². The number of nitrogens with zero attached hydrogens (tertiary/aromatic N) is 5. The molecule has 2 N–H and O–H groups in total. The van der Waals surface area contributed by atoms with Gasteiger partial charge in [-0.05, 0) is 24.3 Å². The minimum absolute atomic E-state index is 0.255. The molecule has 3 heterocycles. The van der Waals surface area contributed by atoms with Gasteiger partial charge in [0.25, 0.3) is 0 Å². The van der Waals surface area contributed by atoms with E-state index in [1.54, 1.807) is 40.5 Å². The third-order valence-corrected chi connectivity index (χ3v) is 5.27. The summed E-state index contributed by atoms with van der Waals surface area (Å²) in [6.07, 6.45) is 3.38. The molecule has 0 aliphatic carbocycles. The molecule has 0 saturated heterocycles. The summed E-state index contributed by atoms with van der Waals surface area (Å²) >= 11 is 1.36. The molecule has 0 spiro atoms. The highest BCUT2D eigenvalue weighted by Gasteiger charge is 2.19. The van der Waals surface area contributed by atoms with Gasteiger partial charge in [-0.25, -0.2) is 19.3 Å². The van der Waals surface area contributed by atoms with E-state index >= 15 is 0 Å². The Morgan fingerprint density at radius 2 is 2.04 bits per heavy atom. The predicted octanol–water partition coefficient (Wildman–Crippen LogP) is 4.27. The van der Waals surface area contributed by atoms with Gasteiger partial charge in [-0.3, -0.25) is 4.40 Å². The number of hydrogen-bond donors (Lipinski definition) is 1. The first-order valence-corrected chi connectivity index (χ1v) is 9.20. The first-order valence-electron chi connectivity index (χ1n) is 8.32. The summed E-state index contributed by atoms with van der Waals surface area (Å²) in [6, 6.07) is 12.5. The Bertz CT molecular complexity index is 1410. The van der Waals surface area contributed by atoms with Crippen LogP contribution in [0.3, 0.4) is 0 Å². The van der Waals surface area contributed by atoms with Gasteiger partial charge in [0.2, 0.25) is 0 Å². The minimum atomic E-state index is -0.407. The second-order valence-electron chi connectivity index (χ2n) is 6.16. The third kappa shape index (κ3) is 2.41. The fraction of sp³-hybridized carbons (Fsp3) is 0. The normalized spacial score (nSPS) is 11.1. The summed E-state index contributed by atoms with van der Waals surface area (Å²) in [6.45, 7) is 0. The SMILES string of the molecule is N#Cc1cccc(-c2nc(N)c3nccn3c2-c2cc(F)c3ncsc3c2)c1. The number of nitrogens with two attached hydrogens (primary N) is 1. The molecule has 3 aromatic heterocycles. The fourth-order valence-corrected chi connectivity index (χ4v) is 4.01. The van der Waals surface area contributed by atoms with Crippen molar-refractivity contribution < 1.29 is 4.39 Å². The van der Waals surface area contributed by atoms with Crippen LogP contribution in [0.5, 0.6) is 0 Å². The van der Waals surface area contributed by atoms with Crippen molar-refractivity contribution in [3.63, 3.8) is 0 Å². The molecule has 2 aromatic carbocycles. The molecule has 0 aliphatic heterocycles.